The largest absolute Gasteiger partial charge is 0.357 e. The molecule has 0 spiro atoms. The summed E-state index contributed by atoms with van der Waals surface area (Å²) in [6, 6.07) is 10.5. The Kier molecular flexibility index (Phi) is 9.94. The zero-order valence-corrected chi connectivity index (χ0v) is 16.6. The predicted octanol–water partition coefficient (Wildman–Crippen LogP) is 2.92. The van der Waals surface area contributed by atoms with Crippen LogP contribution in [0.25, 0.3) is 6.08 Å². The molecule has 0 unspecified atom stereocenters. The van der Waals surface area contributed by atoms with Gasteiger partial charge in [0.1, 0.15) is 0 Å². The maximum Gasteiger partial charge on any atom is 0.193 e. The average molecular weight is 428 g/mol. The Morgan fingerprint density at radius 3 is 2.43 bits per heavy atom. The van der Waals surface area contributed by atoms with Gasteiger partial charge in [0, 0.05) is 45.8 Å². The van der Waals surface area contributed by atoms with Gasteiger partial charge >= 0.3 is 0 Å². The molecule has 0 amide bonds. The number of hydrogen-bond donors (Lipinski definition) is 1. The van der Waals surface area contributed by atoms with Crippen LogP contribution in [0.3, 0.4) is 0 Å². The molecular formula is C18H29IN4. The number of piperazine rings is 1. The highest BCUT2D eigenvalue weighted by atomic mass is 127. The number of hydrogen-bond acceptors (Lipinski definition) is 2. The lowest BCUT2D eigenvalue weighted by Crippen LogP contribution is -2.52. The monoisotopic (exact) mass is 428 g/mol. The van der Waals surface area contributed by atoms with E-state index in [0.717, 1.165) is 51.8 Å². The fraction of sp³-hybridized carbons (Fsp3) is 0.500. The number of benzene rings is 1. The molecule has 1 aliphatic heterocycles. The van der Waals surface area contributed by atoms with Gasteiger partial charge in [0.25, 0.3) is 0 Å². The molecule has 23 heavy (non-hydrogen) atoms. The third kappa shape index (κ3) is 6.91. The van der Waals surface area contributed by atoms with E-state index in [1.54, 1.807) is 0 Å². The number of aliphatic imine (C=N–C) groups is 1. The number of nitrogens with zero attached hydrogens (tertiary/aromatic N) is 3. The zero-order chi connectivity index (χ0) is 15.6. The molecule has 1 heterocycles. The van der Waals surface area contributed by atoms with Crippen molar-refractivity contribution >= 4 is 36.0 Å². The molecule has 1 fully saturated rings. The molecule has 0 atom stereocenters. The number of nitrogens with one attached hydrogen (secondary N) is 1. The Morgan fingerprint density at radius 1 is 1.13 bits per heavy atom. The summed E-state index contributed by atoms with van der Waals surface area (Å²) in [4.78, 5) is 9.42. The van der Waals surface area contributed by atoms with E-state index in [-0.39, 0.29) is 24.0 Å². The minimum absolute atomic E-state index is 0. The first-order valence-corrected chi connectivity index (χ1v) is 8.30. The van der Waals surface area contributed by atoms with Crippen molar-refractivity contribution in [2.45, 2.75) is 13.8 Å². The summed E-state index contributed by atoms with van der Waals surface area (Å²) in [5.41, 5.74) is 1.27. The molecule has 0 bridgehead atoms. The molecule has 5 heteroatoms. The van der Waals surface area contributed by atoms with Crippen LogP contribution in [0.15, 0.2) is 41.4 Å². The molecule has 0 radical (unpaired) electrons. The second-order valence-corrected chi connectivity index (χ2v) is 5.43. The van der Waals surface area contributed by atoms with Crippen LogP contribution in [-0.2, 0) is 0 Å². The summed E-state index contributed by atoms with van der Waals surface area (Å²) in [7, 11) is 0. The summed E-state index contributed by atoms with van der Waals surface area (Å²) in [6.45, 7) is 11.3. The summed E-state index contributed by atoms with van der Waals surface area (Å²) in [6.07, 6.45) is 4.46. The topological polar surface area (TPSA) is 30.9 Å². The lowest BCUT2D eigenvalue weighted by Gasteiger charge is -2.36. The average Bonchev–Trinajstić information content (AvgIpc) is 2.56. The van der Waals surface area contributed by atoms with Crippen molar-refractivity contribution in [3.63, 3.8) is 0 Å². The Morgan fingerprint density at radius 2 is 1.83 bits per heavy atom. The van der Waals surface area contributed by atoms with Crippen LogP contribution in [0.1, 0.15) is 19.4 Å². The van der Waals surface area contributed by atoms with E-state index in [1.807, 2.05) is 0 Å². The highest BCUT2D eigenvalue weighted by Crippen LogP contribution is 2.05. The van der Waals surface area contributed by atoms with Crippen molar-refractivity contribution in [3.05, 3.63) is 42.0 Å². The van der Waals surface area contributed by atoms with Crippen molar-refractivity contribution in [1.82, 2.24) is 15.1 Å². The number of guanidine groups is 1. The molecule has 1 N–H and O–H groups in total. The minimum atomic E-state index is 0. The van der Waals surface area contributed by atoms with Crippen LogP contribution in [0.5, 0.6) is 0 Å². The van der Waals surface area contributed by atoms with E-state index in [1.165, 1.54) is 5.56 Å². The first-order valence-electron chi connectivity index (χ1n) is 8.30. The van der Waals surface area contributed by atoms with Crippen LogP contribution in [0, 0.1) is 0 Å². The smallest absolute Gasteiger partial charge is 0.193 e. The van der Waals surface area contributed by atoms with Crippen LogP contribution in [0.2, 0.25) is 0 Å². The van der Waals surface area contributed by atoms with Crippen molar-refractivity contribution < 1.29 is 0 Å². The van der Waals surface area contributed by atoms with E-state index in [4.69, 9.17) is 0 Å². The molecule has 2 rings (SSSR count). The molecule has 0 aliphatic carbocycles. The zero-order valence-electron chi connectivity index (χ0n) is 14.2. The summed E-state index contributed by atoms with van der Waals surface area (Å²) >= 11 is 0. The predicted molar refractivity (Wildman–Crippen MR) is 111 cm³/mol. The first-order chi connectivity index (χ1) is 10.8. The Bertz CT molecular complexity index is 479. The van der Waals surface area contributed by atoms with E-state index in [9.17, 15) is 0 Å². The van der Waals surface area contributed by atoms with Gasteiger partial charge in [-0.15, -0.1) is 24.0 Å². The summed E-state index contributed by atoms with van der Waals surface area (Å²) in [5, 5.41) is 3.38. The standard InChI is InChI=1S/C18H28N4.HI/c1-3-19-18(20-4-2)22-15-13-21(14-16-22)12-8-11-17-9-6-5-7-10-17;/h5-11H,3-4,12-16H2,1-2H3,(H,19,20);1H/b11-8+;. The van der Waals surface area contributed by atoms with E-state index >= 15 is 0 Å². The van der Waals surface area contributed by atoms with Gasteiger partial charge in [-0.25, -0.2) is 0 Å². The summed E-state index contributed by atoms with van der Waals surface area (Å²) in [5.74, 6) is 1.06. The highest BCUT2D eigenvalue weighted by molar-refractivity contribution is 14.0. The summed E-state index contributed by atoms with van der Waals surface area (Å²) < 4.78 is 0. The quantitative estimate of drug-likeness (QED) is 0.445. The second-order valence-electron chi connectivity index (χ2n) is 5.43. The molecule has 128 valence electrons. The molecule has 1 aromatic carbocycles. The molecule has 0 saturated carbocycles. The second kappa shape index (κ2) is 11.5. The van der Waals surface area contributed by atoms with Gasteiger partial charge in [0.2, 0.25) is 0 Å². The molecule has 4 nitrogen and oxygen atoms in total. The van der Waals surface area contributed by atoms with Crippen LogP contribution >= 0.6 is 24.0 Å². The van der Waals surface area contributed by atoms with Crippen LogP contribution in [-0.4, -0.2) is 61.6 Å². The molecular weight excluding hydrogens is 399 g/mol. The maximum atomic E-state index is 4.56. The van der Waals surface area contributed by atoms with Gasteiger partial charge in [-0.1, -0.05) is 42.5 Å². The van der Waals surface area contributed by atoms with Gasteiger partial charge in [0.15, 0.2) is 5.96 Å². The van der Waals surface area contributed by atoms with Gasteiger partial charge in [0.05, 0.1) is 0 Å². The van der Waals surface area contributed by atoms with Crippen LogP contribution < -0.4 is 5.32 Å². The minimum Gasteiger partial charge on any atom is -0.357 e. The van der Waals surface area contributed by atoms with Gasteiger partial charge < -0.3 is 10.2 Å². The van der Waals surface area contributed by atoms with Crippen molar-refractivity contribution in [2.75, 3.05) is 45.8 Å². The first kappa shape index (κ1) is 20.0. The maximum absolute atomic E-state index is 4.56. The van der Waals surface area contributed by atoms with Gasteiger partial charge in [-0.3, -0.25) is 9.89 Å². The normalized spacial score (nSPS) is 16.4. The lowest BCUT2D eigenvalue weighted by molar-refractivity contribution is 0.194. The van der Waals surface area contributed by atoms with Crippen LogP contribution in [0.4, 0.5) is 0 Å². The van der Waals surface area contributed by atoms with E-state index in [0.29, 0.717) is 0 Å². The van der Waals surface area contributed by atoms with E-state index < -0.39 is 0 Å². The van der Waals surface area contributed by atoms with Crippen molar-refractivity contribution in [3.8, 4) is 0 Å². The highest BCUT2D eigenvalue weighted by Gasteiger charge is 2.18. The third-order valence-electron chi connectivity index (χ3n) is 3.79. The molecule has 0 aromatic heterocycles. The Labute approximate surface area is 157 Å². The van der Waals surface area contributed by atoms with Crippen molar-refractivity contribution in [2.24, 2.45) is 4.99 Å². The Hall–Kier alpha value is -1.08. The third-order valence-corrected chi connectivity index (χ3v) is 3.79. The lowest BCUT2D eigenvalue weighted by atomic mass is 10.2. The van der Waals surface area contributed by atoms with Gasteiger partial charge in [-0.05, 0) is 19.4 Å². The molecule has 1 aliphatic rings. The van der Waals surface area contributed by atoms with Gasteiger partial charge in [-0.2, -0.15) is 0 Å². The van der Waals surface area contributed by atoms with E-state index in [2.05, 4.69) is 76.4 Å². The number of rotatable bonds is 5. The fourth-order valence-electron chi connectivity index (χ4n) is 2.62. The SMILES string of the molecule is CCN=C(NCC)N1CCN(C/C=C/c2ccccc2)CC1.I. The molecule has 1 aromatic rings. The number of halogens is 1. The molecule has 1 saturated heterocycles. The fourth-order valence-corrected chi connectivity index (χ4v) is 2.62. The van der Waals surface area contributed by atoms with Crippen molar-refractivity contribution in [1.29, 1.82) is 0 Å². The Balaban J connectivity index is 0.00000264.